The Balaban J connectivity index is 1.76. The van der Waals surface area contributed by atoms with E-state index in [1.165, 1.54) is 11.3 Å². The van der Waals surface area contributed by atoms with E-state index in [1.807, 2.05) is 0 Å². The molecule has 0 spiro atoms. The van der Waals surface area contributed by atoms with Crippen LogP contribution in [0.3, 0.4) is 0 Å². The largest absolute Gasteiger partial charge is 0.481 e. The van der Waals surface area contributed by atoms with E-state index in [0.29, 0.717) is 23.7 Å². The van der Waals surface area contributed by atoms with Crippen LogP contribution < -0.4 is 0 Å². The first-order valence-corrected chi connectivity index (χ1v) is 7.38. The van der Waals surface area contributed by atoms with Crippen LogP contribution >= 0.6 is 11.3 Å². The van der Waals surface area contributed by atoms with Gasteiger partial charge in [0.15, 0.2) is 0 Å². The summed E-state index contributed by atoms with van der Waals surface area (Å²) in [6, 6.07) is 1.78. The smallest absolute Gasteiger partial charge is 0.311 e. The van der Waals surface area contributed by atoms with Crippen molar-refractivity contribution in [1.82, 2.24) is 9.88 Å². The molecule has 0 saturated carbocycles. The Hall–Kier alpha value is -2.15. The molecule has 3 heterocycles. The average molecular weight is 306 g/mol. The van der Waals surface area contributed by atoms with Crippen LogP contribution in [0.15, 0.2) is 28.4 Å². The Kier molecular flexibility index (Phi) is 3.29. The van der Waals surface area contributed by atoms with Crippen LogP contribution in [-0.4, -0.2) is 40.0 Å². The number of hydrogen-bond acceptors (Lipinski definition) is 5. The van der Waals surface area contributed by atoms with Gasteiger partial charge in [0.05, 0.1) is 11.7 Å². The van der Waals surface area contributed by atoms with Gasteiger partial charge in [-0.3, -0.25) is 9.59 Å². The highest BCUT2D eigenvalue weighted by Crippen LogP contribution is 2.32. The van der Waals surface area contributed by atoms with Crippen LogP contribution in [0.4, 0.5) is 0 Å². The lowest BCUT2D eigenvalue weighted by atomic mass is 9.90. The third-order valence-electron chi connectivity index (χ3n) is 3.77. The first-order valence-electron chi connectivity index (χ1n) is 6.50. The Labute approximate surface area is 125 Å². The van der Waals surface area contributed by atoms with Gasteiger partial charge in [-0.2, -0.15) is 0 Å². The summed E-state index contributed by atoms with van der Waals surface area (Å²) in [5.74, 6) is -1.08. The van der Waals surface area contributed by atoms with E-state index in [-0.39, 0.29) is 12.5 Å². The third-order valence-corrected chi connectivity index (χ3v) is 4.66. The van der Waals surface area contributed by atoms with Crippen molar-refractivity contribution >= 4 is 23.2 Å². The molecule has 1 aliphatic rings. The summed E-state index contributed by atoms with van der Waals surface area (Å²) in [7, 11) is 0. The quantitative estimate of drug-likeness (QED) is 0.941. The van der Waals surface area contributed by atoms with Crippen molar-refractivity contribution < 1.29 is 19.1 Å². The lowest BCUT2D eigenvalue weighted by Gasteiger charge is -2.19. The van der Waals surface area contributed by atoms with Gasteiger partial charge in [-0.25, -0.2) is 4.98 Å². The molecule has 0 unspecified atom stereocenters. The van der Waals surface area contributed by atoms with E-state index < -0.39 is 11.4 Å². The molecule has 1 fully saturated rings. The zero-order chi connectivity index (χ0) is 15.0. The van der Waals surface area contributed by atoms with Crippen molar-refractivity contribution in [2.75, 3.05) is 13.1 Å². The maximum Gasteiger partial charge on any atom is 0.311 e. The number of carboxylic acids is 1. The lowest BCUT2D eigenvalue weighted by Crippen LogP contribution is -2.35. The van der Waals surface area contributed by atoms with Crippen LogP contribution in [-0.2, 0) is 4.79 Å². The van der Waals surface area contributed by atoms with E-state index >= 15 is 0 Å². The van der Waals surface area contributed by atoms with Crippen LogP contribution in [0.2, 0.25) is 0 Å². The molecule has 1 N–H and O–H groups in total. The summed E-state index contributed by atoms with van der Waals surface area (Å²) in [5.41, 5.74) is 0.320. The molecular formula is C14H14N2O4S. The maximum atomic E-state index is 12.4. The molecule has 1 saturated heterocycles. The Morgan fingerprint density at radius 1 is 1.52 bits per heavy atom. The second-order valence-corrected chi connectivity index (χ2v) is 6.25. The van der Waals surface area contributed by atoms with Gasteiger partial charge in [0.1, 0.15) is 17.0 Å². The van der Waals surface area contributed by atoms with Gasteiger partial charge < -0.3 is 14.4 Å². The normalized spacial score (nSPS) is 21.7. The first-order chi connectivity index (χ1) is 9.99. The van der Waals surface area contributed by atoms with Crippen molar-refractivity contribution in [1.29, 1.82) is 0 Å². The SMILES string of the molecule is C[C@@]1(C(=O)O)CCN(C(=O)c2csc(-c3ccoc3)n2)C1. The number of aliphatic carboxylic acids is 1. The summed E-state index contributed by atoms with van der Waals surface area (Å²) in [6.45, 7) is 2.33. The summed E-state index contributed by atoms with van der Waals surface area (Å²) in [4.78, 5) is 29.5. The first kappa shape index (κ1) is 13.8. The molecule has 1 amide bonds. The second kappa shape index (κ2) is 5.00. The van der Waals surface area contributed by atoms with Gasteiger partial charge in [0.25, 0.3) is 5.91 Å². The number of carbonyl (C=O) groups is 2. The fourth-order valence-corrected chi connectivity index (χ4v) is 3.14. The molecule has 1 atom stereocenters. The molecule has 110 valence electrons. The molecule has 0 radical (unpaired) electrons. The second-order valence-electron chi connectivity index (χ2n) is 5.39. The predicted molar refractivity (Wildman–Crippen MR) is 76.1 cm³/mol. The highest BCUT2D eigenvalue weighted by molar-refractivity contribution is 7.13. The minimum atomic E-state index is -0.866. The van der Waals surface area contributed by atoms with Crippen LogP contribution in [0, 0.1) is 5.41 Å². The number of carboxylic acid groups (broad SMARTS) is 1. The van der Waals surface area contributed by atoms with E-state index in [4.69, 9.17) is 4.42 Å². The van der Waals surface area contributed by atoms with E-state index in [2.05, 4.69) is 4.98 Å². The Morgan fingerprint density at radius 3 is 2.95 bits per heavy atom. The molecule has 6 nitrogen and oxygen atoms in total. The topological polar surface area (TPSA) is 83.6 Å². The van der Waals surface area contributed by atoms with E-state index in [9.17, 15) is 14.7 Å². The molecule has 21 heavy (non-hydrogen) atoms. The van der Waals surface area contributed by atoms with Crippen LogP contribution in [0.1, 0.15) is 23.8 Å². The molecule has 0 aliphatic carbocycles. The van der Waals surface area contributed by atoms with Crippen LogP contribution in [0.25, 0.3) is 10.6 Å². The molecule has 2 aromatic rings. The molecule has 3 rings (SSSR count). The summed E-state index contributed by atoms with van der Waals surface area (Å²) in [6.07, 6.45) is 3.59. The van der Waals surface area contributed by atoms with Gasteiger partial charge in [0, 0.05) is 24.0 Å². The fourth-order valence-electron chi connectivity index (χ4n) is 2.36. The molecule has 1 aliphatic heterocycles. The van der Waals surface area contributed by atoms with Crippen molar-refractivity contribution in [3.05, 3.63) is 29.7 Å². The van der Waals surface area contributed by atoms with Crippen molar-refractivity contribution in [2.45, 2.75) is 13.3 Å². The Morgan fingerprint density at radius 2 is 2.33 bits per heavy atom. The number of hydrogen-bond donors (Lipinski definition) is 1. The van der Waals surface area contributed by atoms with Gasteiger partial charge in [-0.1, -0.05) is 0 Å². The average Bonchev–Trinajstić information content (AvgIpc) is 3.18. The van der Waals surface area contributed by atoms with Crippen LogP contribution in [0.5, 0.6) is 0 Å². The van der Waals surface area contributed by atoms with E-state index in [0.717, 1.165) is 5.56 Å². The number of furan rings is 1. The number of rotatable bonds is 3. The van der Waals surface area contributed by atoms with Gasteiger partial charge in [-0.05, 0) is 19.4 Å². The van der Waals surface area contributed by atoms with Gasteiger partial charge >= 0.3 is 5.97 Å². The summed E-state index contributed by atoms with van der Waals surface area (Å²) >= 11 is 1.37. The van der Waals surface area contributed by atoms with E-state index in [1.54, 1.807) is 35.8 Å². The maximum absolute atomic E-state index is 12.4. The van der Waals surface area contributed by atoms with Crippen molar-refractivity contribution in [3.8, 4) is 10.6 Å². The summed E-state index contributed by atoms with van der Waals surface area (Å²) < 4.78 is 5.00. The minimum Gasteiger partial charge on any atom is -0.481 e. The molecular weight excluding hydrogens is 292 g/mol. The highest BCUT2D eigenvalue weighted by atomic mass is 32.1. The predicted octanol–water partition coefficient (Wildman–Crippen LogP) is 2.34. The molecule has 0 bridgehead atoms. The third kappa shape index (κ3) is 2.44. The molecule has 7 heteroatoms. The zero-order valence-corrected chi connectivity index (χ0v) is 12.2. The monoisotopic (exact) mass is 306 g/mol. The van der Waals surface area contributed by atoms with Gasteiger partial charge in [0.2, 0.25) is 0 Å². The standard InChI is InChI=1S/C14H14N2O4S/c1-14(13(18)19)3-4-16(8-14)12(17)10-7-21-11(15-10)9-2-5-20-6-9/h2,5-7H,3-4,8H2,1H3,(H,18,19)/t14-/m1/s1. The lowest BCUT2D eigenvalue weighted by molar-refractivity contribution is -0.147. The number of likely N-dealkylation sites (tertiary alicyclic amines) is 1. The minimum absolute atomic E-state index is 0.217. The number of carbonyl (C=O) groups excluding carboxylic acids is 1. The number of aromatic nitrogens is 1. The number of thiazole rings is 1. The summed E-state index contributed by atoms with van der Waals surface area (Å²) in [5, 5.41) is 11.6. The number of amides is 1. The molecule has 2 aromatic heterocycles. The Bertz CT molecular complexity index is 679. The van der Waals surface area contributed by atoms with Crippen molar-refractivity contribution in [2.24, 2.45) is 5.41 Å². The van der Waals surface area contributed by atoms with Crippen molar-refractivity contribution in [3.63, 3.8) is 0 Å². The van der Waals surface area contributed by atoms with Gasteiger partial charge in [-0.15, -0.1) is 11.3 Å². The zero-order valence-electron chi connectivity index (χ0n) is 11.4. The molecule has 0 aromatic carbocycles. The number of nitrogens with zero attached hydrogens (tertiary/aromatic N) is 2. The fraction of sp³-hybridized carbons (Fsp3) is 0.357. The highest BCUT2D eigenvalue weighted by Gasteiger charge is 2.42.